The lowest BCUT2D eigenvalue weighted by Gasteiger charge is -2.11. The van der Waals surface area contributed by atoms with Gasteiger partial charge >= 0.3 is 0 Å². The van der Waals surface area contributed by atoms with Crippen LogP contribution in [0.4, 0.5) is 0 Å². The van der Waals surface area contributed by atoms with Crippen molar-refractivity contribution < 1.29 is 4.79 Å². The first-order valence-corrected chi connectivity index (χ1v) is 6.82. The van der Waals surface area contributed by atoms with Crippen molar-refractivity contribution >= 4 is 16.8 Å². The molecule has 19 heavy (non-hydrogen) atoms. The van der Waals surface area contributed by atoms with Gasteiger partial charge in [-0.05, 0) is 25.8 Å². The van der Waals surface area contributed by atoms with Gasteiger partial charge in [0.15, 0.2) is 0 Å². The topological polar surface area (TPSA) is 46.9 Å². The summed E-state index contributed by atoms with van der Waals surface area (Å²) in [6, 6.07) is 6.38. The molecule has 0 radical (unpaired) electrons. The van der Waals surface area contributed by atoms with E-state index in [0.717, 1.165) is 17.3 Å². The summed E-state index contributed by atoms with van der Waals surface area (Å²) in [5.74, 6) is 0.0894. The number of benzene rings is 1. The molecule has 1 heterocycles. The second-order valence-electron chi connectivity index (χ2n) is 5.01. The number of nitrogens with one attached hydrogen (secondary N) is 1. The van der Waals surface area contributed by atoms with Gasteiger partial charge in [-0.25, -0.2) is 0 Å². The van der Waals surface area contributed by atoms with E-state index in [9.17, 15) is 4.79 Å². The van der Waals surface area contributed by atoms with Gasteiger partial charge in [-0.15, -0.1) is 0 Å². The zero-order chi connectivity index (χ0) is 13.8. The monoisotopic (exact) mass is 259 g/mol. The van der Waals surface area contributed by atoms with Crippen molar-refractivity contribution in [3.8, 4) is 0 Å². The molecule has 0 spiro atoms. The smallest absolute Gasteiger partial charge is 0.222 e. The summed E-state index contributed by atoms with van der Waals surface area (Å²) in [6.07, 6.45) is 3.28. The number of fused-ring (bicyclic) bond motifs is 1. The van der Waals surface area contributed by atoms with Crippen LogP contribution in [0.15, 0.2) is 24.4 Å². The first-order valence-electron chi connectivity index (χ1n) is 6.82. The van der Waals surface area contributed by atoms with Gasteiger partial charge < -0.3 is 5.32 Å². The lowest BCUT2D eigenvalue weighted by atomic mass is 10.2. The lowest BCUT2D eigenvalue weighted by molar-refractivity contribution is -0.121. The highest BCUT2D eigenvalue weighted by Crippen LogP contribution is 2.17. The average Bonchev–Trinajstić information content (AvgIpc) is 2.81. The largest absolute Gasteiger partial charge is 0.354 e. The minimum Gasteiger partial charge on any atom is -0.354 e. The van der Waals surface area contributed by atoms with Gasteiger partial charge in [0.2, 0.25) is 5.91 Å². The maximum Gasteiger partial charge on any atom is 0.222 e. The maximum atomic E-state index is 11.8. The molecule has 0 aliphatic carbocycles. The number of aromatic nitrogens is 2. The molecule has 0 fully saturated rings. The van der Waals surface area contributed by atoms with Gasteiger partial charge in [0, 0.05) is 17.8 Å². The molecule has 4 nitrogen and oxygen atoms in total. The molecule has 1 atom stereocenters. The Morgan fingerprint density at radius 2 is 2.26 bits per heavy atom. The summed E-state index contributed by atoms with van der Waals surface area (Å²) in [5.41, 5.74) is 2.32. The summed E-state index contributed by atoms with van der Waals surface area (Å²) >= 11 is 0. The van der Waals surface area contributed by atoms with Crippen molar-refractivity contribution in [1.29, 1.82) is 0 Å². The quantitative estimate of drug-likeness (QED) is 0.897. The highest BCUT2D eigenvalue weighted by molar-refractivity contribution is 5.82. The number of carbonyl (C=O) groups excluding carboxylic acids is 1. The third-order valence-electron chi connectivity index (χ3n) is 3.43. The molecule has 1 unspecified atom stereocenters. The van der Waals surface area contributed by atoms with Crippen LogP contribution in [-0.4, -0.2) is 21.7 Å². The van der Waals surface area contributed by atoms with E-state index in [1.54, 1.807) is 0 Å². The van der Waals surface area contributed by atoms with Crippen LogP contribution in [0, 0.1) is 6.92 Å². The van der Waals surface area contributed by atoms with Gasteiger partial charge in [0.1, 0.15) is 0 Å². The van der Waals surface area contributed by atoms with E-state index in [2.05, 4.69) is 30.3 Å². The fourth-order valence-electron chi connectivity index (χ4n) is 2.15. The first kappa shape index (κ1) is 13.6. The Kier molecular flexibility index (Phi) is 4.20. The van der Waals surface area contributed by atoms with Crippen molar-refractivity contribution in [3.63, 3.8) is 0 Å². The molecule has 4 heteroatoms. The van der Waals surface area contributed by atoms with Crippen LogP contribution in [0.1, 0.15) is 32.3 Å². The molecule has 102 valence electrons. The van der Waals surface area contributed by atoms with Crippen LogP contribution < -0.4 is 5.32 Å². The fraction of sp³-hybridized carbons (Fsp3) is 0.467. The Hall–Kier alpha value is -1.84. The van der Waals surface area contributed by atoms with Crippen molar-refractivity contribution in [2.24, 2.45) is 0 Å². The summed E-state index contributed by atoms with van der Waals surface area (Å²) in [6.45, 7) is 6.77. The first-order chi connectivity index (χ1) is 9.11. The highest BCUT2D eigenvalue weighted by atomic mass is 16.1. The molecule has 0 bridgehead atoms. The number of para-hydroxylation sites is 1. The minimum absolute atomic E-state index is 0.0894. The van der Waals surface area contributed by atoms with E-state index in [4.69, 9.17) is 0 Å². The minimum atomic E-state index is 0.0894. The third kappa shape index (κ3) is 3.13. The van der Waals surface area contributed by atoms with E-state index in [1.807, 2.05) is 29.9 Å². The van der Waals surface area contributed by atoms with Crippen molar-refractivity contribution in [3.05, 3.63) is 30.0 Å². The summed E-state index contributed by atoms with van der Waals surface area (Å²) in [4.78, 5) is 11.8. The normalized spacial score (nSPS) is 12.6. The zero-order valence-corrected chi connectivity index (χ0v) is 11.8. The number of nitrogens with zero attached hydrogens (tertiary/aromatic N) is 2. The Morgan fingerprint density at radius 1 is 1.47 bits per heavy atom. The van der Waals surface area contributed by atoms with Gasteiger partial charge in [-0.3, -0.25) is 9.48 Å². The Morgan fingerprint density at radius 3 is 3.00 bits per heavy atom. The van der Waals surface area contributed by atoms with E-state index < -0.39 is 0 Å². The molecule has 0 aliphatic rings. The SMILES string of the molecule is CCC(C)NC(=O)CCn1ncc2cccc(C)c21. The molecule has 1 N–H and O–H groups in total. The number of hydrogen-bond donors (Lipinski definition) is 1. The summed E-state index contributed by atoms with van der Waals surface area (Å²) in [7, 11) is 0. The predicted molar refractivity (Wildman–Crippen MR) is 77.0 cm³/mol. The Bertz CT molecular complexity index is 574. The standard InChI is InChI=1S/C15H21N3O/c1-4-12(3)17-14(19)8-9-18-15-11(2)6-5-7-13(15)10-16-18/h5-7,10,12H,4,8-9H2,1-3H3,(H,17,19). The van der Waals surface area contributed by atoms with Crippen LogP contribution in [-0.2, 0) is 11.3 Å². The molecule has 0 saturated carbocycles. The van der Waals surface area contributed by atoms with E-state index in [1.165, 1.54) is 5.56 Å². The van der Waals surface area contributed by atoms with Crippen molar-refractivity contribution in [2.75, 3.05) is 0 Å². The molecule has 1 aromatic heterocycles. The van der Waals surface area contributed by atoms with E-state index in [0.29, 0.717) is 13.0 Å². The summed E-state index contributed by atoms with van der Waals surface area (Å²) in [5, 5.41) is 8.47. The van der Waals surface area contributed by atoms with Gasteiger partial charge in [-0.1, -0.05) is 25.1 Å². The van der Waals surface area contributed by atoms with Crippen LogP contribution in [0.5, 0.6) is 0 Å². The third-order valence-corrected chi connectivity index (χ3v) is 3.43. The second kappa shape index (κ2) is 5.87. The zero-order valence-electron chi connectivity index (χ0n) is 11.8. The molecule has 2 rings (SSSR count). The van der Waals surface area contributed by atoms with Crippen LogP contribution in [0.2, 0.25) is 0 Å². The second-order valence-corrected chi connectivity index (χ2v) is 5.01. The van der Waals surface area contributed by atoms with Gasteiger partial charge in [-0.2, -0.15) is 5.10 Å². The fourth-order valence-corrected chi connectivity index (χ4v) is 2.15. The number of hydrogen-bond acceptors (Lipinski definition) is 2. The molecular formula is C15H21N3O. The van der Waals surface area contributed by atoms with Crippen LogP contribution in [0.25, 0.3) is 10.9 Å². The molecule has 2 aromatic rings. The summed E-state index contributed by atoms with van der Waals surface area (Å²) < 4.78 is 1.92. The Balaban J connectivity index is 2.04. The van der Waals surface area contributed by atoms with Crippen LogP contribution in [0.3, 0.4) is 0 Å². The van der Waals surface area contributed by atoms with Crippen LogP contribution >= 0.6 is 0 Å². The predicted octanol–water partition coefficient (Wildman–Crippen LogP) is 2.65. The molecule has 1 aromatic carbocycles. The molecule has 0 saturated heterocycles. The highest BCUT2D eigenvalue weighted by Gasteiger charge is 2.09. The molecule has 0 aliphatic heterocycles. The van der Waals surface area contributed by atoms with E-state index >= 15 is 0 Å². The number of carbonyl (C=O) groups is 1. The average molecular weight is 259 g/mol. The van der Waals surface area contributed by atoms with Crippen molar-refractivity contribution in [1.82, 2.24) is 15.1 Å². The van der Waals surface area contributed by atoms with Gasteiger partial charge in [0.05, 0.1) is 18.3 Å². The molecule has 1 amide bonds. The maximum absolute atomic E-state index is 11.8. The van der Waals surface area contributed by atoms with E-state index in [-0.39, 0.29) is 11.9 Å². The number of amides is 1. The van der Waals surface area contributed by atoms with Gasteiger partial charge in [0.25, 0.3) is 0 Å². The number of aryl methyl sites for hydroxylation is 2. The van der Waals surface area contributed by atoms with Crippen molar-refractivity contribution in [2.45, 2.75) is 46.2 Å². The number of rotatable bonds is 5. The molecular weight excluding hydrogens is 238 g/mol. The lowest BCUT2D eigenvalue weighted by Crippen LogP contribution is -2.32. The Labute approximate surface area is 113 Å².